The van der Waals surface area contributed by atoms with Crippen LogP contribution in [0.4, 0.5) is 10.3 Å². The summed E-state index contributed by atoms with van der Waals surface area (Å²) in [6, 6.07) is 0. The van der Waals surface area contributed by atoms with Crippen LogP contribution in [0.2, 0.25) is 0 Å². The molecule has 3 rings (SSSR count). The predicted molar refractivity (Wildman–Crippen MR) is 84.7 cm³/mol. The minimum absolute atomic E-state index is 0.0815. The van der Waals surface area contributed by atoms with Gasteiger partial charge in [-0.1, -0.05) is 18.8 Å². The first-order valence-electron chi connectivity index (χ1n) is 7.68. The molecule has 1 aliphatic rings. The van der Waals surface area contributed by atoms with E-state index in [2.05, 4.69) is 20.9 Å². The Bertz CT molecular complexity index is 888. The Morgan fingerprint density at radius 1 is 1.68 bits per heavy atom. The number of fused-ring (bicyclic) bond motifs is 1. The first kappa shape index (κ1) is 17.3. The molecule has 25 heavy (non-hydrogen) atoms. The molecular formula is C15H19FN5O4+. The topological polar surface area (TPSA) is 130 Å². The third-order valence-corrected chi connectivity index (χ3v) is 3.87. The second kappa shape index (κ2) is 6.11. The summed E-state index contributed by atoms with van der Waals surface area (Å²) in [5, 5.41) is 10.3. The number of H-pyrrole nitrogens is 2. The predicted octanol–water partition coefficient (Wildman–Crippen LogP) is -0.649. The highest BCUT2D eigenvalue weighted by molar-refractivity contribution is 5.65. The number of halogens is 1. The molecule has 1 saturated heterocycles. The number of nitrogen functional groups attached to an aromatic ring is 1. The second-order valence-electron chi connectivity index (χ2n) is 6.25. The number of imidazole rings is 1. The summed E-state index contributed by atoms with van der Waals surface area (Å²) in [5.74, 6) is 0.0810. The first-order valence-corrected chi connectivity index (χ1v) is 7.68. The van der Waals surface area contributed by atoms with Gasteiger partial charge in [-0.25, -0.2) is 8.96 Å². The molecule has 9 nitrogen and oxygen atoms in total. The van der Waals surface area contributed by atoms with Gasteiger partial charge in [0.1, 0.15) is 0 Å². The lowest BCUT2D eigenvalue weighted by molar-refractivity contribution is -0.748. The van der Waals surface area contributed by atoms with Gasteiger partial charge >= 0.3 is 5.65 Å². The van der Waals surface area contributed by atoms with Crippen molar-refractivity contribution in [2.75, 3.05) is 12.3 Å². The Kier molecular flexibility index (Phi) is 4.24. The molecule has 1 fully saturated rings. The highest BCUT2D eigenvalue weighted by atomic mass is 19.1. The standard InChI is InChI=1S/C15H18FN5O4/c1-4-15(24-5-7(2)3)10(16)9(22)13(25-15)21-6-18-8-11(21)19-14(17)20-12(8)23/h1,6-7,9-10,13,22H,5H2,2-3H3,(H3,17,19,20,23)/p+1. The number of anilines is 1. The van der Waals surface area contributed by atoms with Crippen molar-refractivity contribution < 1.29 is 23.5 Å². The van der Waals surface area contributed by atoms with E-state index in [0.717, 1.165) is 0 Å². The van der Waals surface area contributed by atoms with Crippen LogP contribution in [-0.2, 0) is 9.47 Å². The average molecular weight is 352 g/mol. The fraction of sp³-hybridized carbons (Fsp3) is 0.533. The van der Waals surface area contributed by atoms with Crippen molar-refractivity contribution in [2.24, 2.45) is 5.92 Å². The van der Waals surface area contributed by atoms with E-state index >= 15 is 0 Å². The molecule has 4 atom stereocenters. The van der Waals surface area contributed by atoms with Gasteiger partial charge in [0.15, 0.2) is 18.6 Å². The van der Waals surface area contributed by atoms with E-state index in [-0.39, 0.29) is 29.6 Å². The van der Waals surface area contributed by atoms with Gasteiger partial charge in [0, 0.05) is 0 Å². The molecular weight excluding hydrogens is 333 g/mol. The molecule has 2 aromatic heterocycles. The first-order chi connectivity index (χ1) is 11.8. The minimum Gasteiger partial charge on any atom is -0.383 e. The van der Waals surface area contributed by atoms with Gasteiger partial charge in [-0.3, -0.25) is 19.5 Å². The molecule has 0 aromatic carbocycles. The van der Waals surface area contributed by atoms with E-state index in [1.54, 1.807) is 0 Å². The number of nitrogens with zero attached hydrogens (tertiary/aromatic N) is 2. The van der Waals surface area contributed by atoms with E-state index in [1.807, 2.05) is 13.8 Å². The van der Waals surface area contributed by atoms with E-state index in [9.17, 15) is 14.3 Å². The third kappa shape index (κ3) is 2.76. The maximum absolute atomic E-state index is 14.7. The summed E-state index contributed by atoms with van der Waals surface area (Å²) < 4.78 is 27.0. The van der Waals surface area contributed by atoms with Crippen LogP contribution in [0.3, 0.4) is 0 Å². The number of aliphatic hydroxyl groups excluding tert-OH is 1. The summed E-state index contributed by atoms with van der Waals surface area (Å²) in [4.78, 5) is 20.9. The summed E-state index contributed by atoms with van der Waals surface area (Å²) in [6.07, 6.45) is 1.88. The van der Waals surface area contributed by atoms with Crippen molar-refractivity contribution in [2.45, 2.75) is 38.1 Å². The normalized spacial score (nSPS) is 29.4. The van der Waals surface area contributed by atoms with E-state index in [1.165, 1.54) is 10.9 Å². The lowest BCUT2D eigenvalue weighted by Crippen LogP contribution is -2.45. The fourth-order valence-corrected chi connectivity index (χ4v) is 2.65. The molecule has 0 spiro atoms. The Morgan fingerprint density at radius 2 is 2.40 bits per heavy atom. The van der Waals surface area contributed by atoms with Gasteiger partial charge in [0.2, 0.25) is 11.7 Å². The van der Waals surface area contributed by atoms with Crippen LogP contribution in [0.1, 0.15) is 20.1 Å². The molecule has 0 radical (unpaired) electrons. The van der Waals surface area contributed by atoms with Gasteiger partial charge in [0.25, 0.3) is 17.3 Å². The number of nitrogens with two attached hydrogens (primary N) is 1. The zero-order valence-corrected chi connectivity index (χ0v) is 13.7. The number of alkyl halides is 1. The molecule has 2 aromatic rings. The Labute approximate surface area is 142 Å². The van der Waals surface area contributed by atoms with Gasteiger partial charge < -0.3 is 15.6 Å². The summed E-state index contributed by atoms with van der Waals surface area (Å²) in [5.41, 5.74) is 5.23. The quantitative estimate of drug-likeness (QED) is 0.427. The van der Waals surface area contributed by atoms with Crippen LogP contribution < -0.4 is 15.9 Å². The summed E-state index contributed by atoms with van der Waals surface area (Å²) in [7, 11) is 0. The minimum atomic E-state index is -2.03. The van der Waals surface area contributed by atoms with Crippen molar-refractivity contribution in [1.82, 2.24) is 15.0 Å². The van der Waals surface area contributed by atoms with Gasteiger partial charge in [-0.2, -0.15) is 0 Å². The number of nitrogens with one attached hydrogen (secondary N) is 2. The van der Waals surface area contributed by atoms with E-state index < -0.39 is 29.8 Å². The largest absolute Gasteiger partial charge is 0.383 e. The number of aromatic nitrogens is 4. The van der Waals surface area contributed by atoms with Crippen LogP contribution >= 0.6 is 0 Å². The molecule has 0 bridgehead atoms. The molecule has 0 aliphatic carbocycles. The number of terminal acetylenes is 1. The molecule has 5 N–H and O–H groups in total. The maximum atomic E-state index is 14.7. The van der Waals surface area contributed by atoms with Crippen LogP contribution in [-0.4, -0.2) is 44.7 Å². The summed E-state index contributed by atoms with van der Waals surface area (Å²) in [6.45, 7) is 3.88. The Morgan fingerprint density at radius 3 is 3.04 bits per heavy atom. The molecule has 134 valence electrons. The van der Waals surface area contributed by atoms with E-state index in [4.69, 9.17) is 21.6 Å². The fourth-order valence-electron chi connectivity index (χ4n) is 2.65. The van der Waals surface area contributed by atoms with Crippen LogP contribution in [0, 0.1) is 18.3 Å². The van der Waals surface area contributed by atoms with Crippen LogP contribution in [0.25, 0.3) is 11.2 Å². The number of aromatic amines is 2. The van der Waals surface area contributed by atoms with Crippen molar-refractivity contribution in [3.63, 3.8) is 0 Å². The van der Waals surface area contributed by atoms with Gasteiger partial charge in [-0.05, 0) is 11.8 Å². The SMILES string of the molecule is C#CC1(OCC(C)C)OC([n+]2c[nH]c3c(=O)[nH]c(N)nc32)C(O)C1F. The molecule has 1 aliphatic heterocycles. The van der Waals surface area contributed by atoms with Crippen molar-refractivity contribution >= 4 is 17.1 Å². The smallest absolute Gasteiger partial charge is 0.313 e. The number of hydrogen-bond acceptors (Lipinski definition) is 6. The Hall–Kier alpha value is -2.48. The van der Waals surface area contributed by atoms with Crippen LogP contribution in [0.15, 0.2) is 11.1 Å². The van der Waals surface area contributed by atoms with Crippen molar-refractivity contribution in [3.05, 3.63) is 16.7 Å². The highest BCUT2D eigenvalue weighted by Crippen LogP contribution is 2.38. The maximum Gasteiger partial charge on any atom is 0.313 e. The number of rotatable bonds is 4. The average Bonchev–Trinajstić information content (AvgIpc) is 3.07. The van der Waals surface area contributed by atoms with Gasteiger partial charge in [0.05, 0.1) is 6.61 Å². The number of hydrogen-bond donors (Lipinski definition) is 4. The molecule has 10 heteroatoms. The zero-order chi connectivity index (χ0) is 18.4. The van der Waals surface area contributed by atoms with E-state index in [0.29, 0.717) is 0 Å². The van der Waals surface area contributed by atoms with Gasteiger partial charge in [-0.15, -0.1) is 6.42 Å². The number of aliphatic hydroxyl groups is 1. The second-order valence-corrected chi connectivity index (χ2v) is 6.25. The monoisotopic (exact) mass is 352 g/mol. The molecule has 4 unspecified atom stereocenters. The Balaban J connectivity index is 2.02. The number of ether oxygens (including phenoxy) is 2. The lowest BCUT2D eigenvalue weighted by atomic mass is 10.1. The summed E-state index contributed by atoms with van der Waals surface area (Å²) >= 11 is 0. The molecule has 0 amide bonds. The molecule has 0 saturated carbocycles. The molecule has 3 heterocycles. The highest BCUT2D eigenvalue weighted by Gasteiger charge is 2.58. The van der Waals surface area contributed by atoms with Crippen molar-refractivity contribution in [1.29, 1.82) is 0 Å². The zero-order valence-electron chi connectivity index (χ0n) is 13.7. The van der Waals surface area contributed by atoms with Crippen LogP contribution in [0.5, 0.6) is 0 Å². The third-order valence-electron chi connectivity index (χ3n) is 3.87. The van der Waals surface area contributed by atoms with Crippen molar-refractivity contribution in [3.8, 4) is 12.3 Å². The lowest BCUT2D eigenvalue weighted by Gasteiger charge is -2.25.